The summed E-state index contributed by atoms with van der Waals surface area (Å²) in [4.78, 5) is 34.4. The highest BCUT2D eigenvalue weighted by Gasteiger charge is 2.44. The predicted octanol–water partition coefficient (Wildman–Crippen LogP) is 4.92. The maximum atomic E-state index is 13.7. The van der Waals surface area contributed by atoms with Crippen molar-refractivity contribution in [2.75, 3.05) is 25.6 Å². The number of nitrogens with zero attached hydrogens (tertiary/aromatic N) is 2. The predicted molar refractivity (Wildman–Crippen MR) is 127 cm³/mol. The van der Waals surface area contributed by atoms with Crippen LogP contribution in [-0.2, 0) is 9.53 Å². The van der Waals surface area contributed by atoms with Crippen LogP contribution in [0, 0.1) is 0 Å². The Kier molecular flexibility index (Phi) is 5.73. The van der Waals surface area contributed by atoms with E-state index in [0.717, 1.165) is 20.7 Å². The first-order valence-electron chi connectivity index (χ1n) is 10.3. The van der Waals surface area contributed by atoms with Crippen LogP contribution >= 0.6 is 22.7 Å². The van der Waals surface area contributed by atoms with Gasteiger partial charge < -0.3 is 15.0 Å². The molecule has 3 heterocycles. The van der Waals surface area contributed by atoms with Gasteiger partial charge in [-0.25, -0.2) is 4.98 Å². The van der Waals surface area contributed by atoms with Crippen LogP contribution in [0.2, 0.25) is 0 Å². The summed E-state index contributed by atoms with van der Waals surface area (Å²) in [6.07, 6.45) is 0. The Morgan fingerprint density at radius 1 is 1.12 bits per heavy atom. The van der Waals surface area contributed by atoms with E-state index in [2.05, 4.69) is 10.3 Å². The summed E-state index contributed by atoms with van der Waals surface area (Å²) < 4.78 is 6.28. The summed E-state index contributed by atoms with van der Waals surface area (Å²) in [6.45, 7) is 0.791. The monoisotopic (exact) mass is 463 g/mol. The molecule has 1 aliphatic heterocycles. The minimum absolute atomic E-state index is 0.0833. The molecule has 2 aromatic carbocycles. The van der Waals surface area contributed by atoms with Crippen molar-refractivity contribution in [2.45, 2.75) is 12.0 Å². The second-order valence-corrected chi connectivity index (χ2v) is 9.50. The van der Waals surface area contributed by atoms with E-state index in [9.17, 15) is 9.59 Å². The quantitative estimate of drug-likeness (QED) is 0.440. The summed E-state index contributed by atoms with van der Waals surface area (Å²) in [5.41, 5.74) is 2.15. The third-order valence-electron chi connectivity index (χ3n) is 5.62. The molecule has 5 rings (SSSR count). The first-order chi connectivity index (χ1) is 15.7. The summed E-state index contributed by atoms with van der Waals surface area (Å²) >= 11 is 2.99. The van der Waals surface area contributed by atoms with Crippen LogP contribution in [0.5, 0.6) is 0 Å². The lowest BCUT2D eigenvalue weighted by molar-refractivity contribution is -0.119. The number of carbonyl (C=O) groups is 2. The van der Waals surface area contributed by atoms with Gasteiger partial charge in [0.15, 0.2) is 5.13 Å². The summed E-state index contributed by atoms with van der Waals surface area (Å²) in [6, 6.07) is 18.7. The standard InChI is InChI=1S/C24H21N3O3S2/c1-30-13-12-27-21(19-11-6-14-31-19)20(15-7-2-3-8-16(15)23(27)29)22(28)26-24-25-17-9-4-5-10-18(17)32-24/h2-11,14,20-21H,12-13H2,1H3,(H,25,26,28). The number of ether oxygens (including phenoxy) is 1. The van der Waals surface area contributed by atoms with E-state index in [4.69, 9.17) is 4.74 Å². The highest BCUT2D eigenvalue weighted by molar-refractivity contribution is 7.22. The molecule has 2 amide bonds. The molecule has 8 heteroatoms. The molecule has 32 heavy (non-hydrogen) atoms. The normalized spacial score (nSPS) is 18.0. The van der Waals surface area contributed by atoms with Crippen molar-refractivity contribution in [3.8, 4) is 0 Å². The van der Waals surface area contributed by atoms with Crippen LogP contribution in [0.1, 0.15) is 32.8 Å². The number of hydrogen-bond donors (Lipinski definition) is 1. The fraction of sp³-hybridized carbons (Fsp3) is 0.208. The Morgan fingerprint density at radius 2 is 1.94 bits per heavy atom. The number of methoxy groups -OCH3 is 1. The minimum Gasteiger partial charge on any atom is -0.383 e. The summed E-state index contributed by atoms with van der Waals surface area (Å²) in [5.74, 6) is -0.823. The molecule has 0 spiro atoms. The van der Waals surface area contributed by atoms with Crippen LogP contribution in [-0.4, -0.2) is 42.0 Å². The molecular formula is C24H21N3O3S2. The van der Waals surface area contributed by atoms with Crippen LogP contribution in [0.15, 0.2) is 66.0 Å². The van der Waals surface area contributed by atoms with E-state index in [1.165, 1.54) is 11.3 Å². The Bertz CT molecular complexity index is 1240. The number of hydrogen-bond acceptors (Lipinski definition) is 6. The molecule has 0 saturated heterocycles. The Balaban J connectivity index is 1.58. The molecule has 0 fully saturated rings. The molecule has 2 atom stereocenters. The molecule has 0 radical (unpaired) electrons. The molecule has 6 nitrogen and oxygen atoms in total. The fourth-order valence-electron chi connectivity index (χ4n) is 4.20. The third kappa shape index (κ3) is 3.70. The Labute approximate surface area is 193 Å². The van der Waals surface area contributed by atoms with E-state index >= 15 is 0 Å². The lowest BCUT2D eigenvalue weighted by Gasteiger charge is -2.41. The number of para-hydroxylation sites is 1. The zero-order valence-electron chi connectivity index (χ0n) is 17.4. The number of fused-ring (bicyclic) bond motifs is 2. The highest BCUT2D eigenvalue weighted by Crippen LogP contribution is 2.44. The van der Waals surface area contributed by atoms with E-state index in [1.807, 2.05) is 60.0 Å². The Hall–Kier alpha value is -3.07. The van der Waals surface area contributed by atoms with E-state index in [0.29, 0.717) is 23.8 Å². The zero-order chi connectivity index (χ0) is 22.1. The van der Waals surface area contributed by atoms with Crippen molar-refractivity contribution in [3.05, 3.63) is 82.0 Å². The maximum absolute atomic E-state index is 13.7. The van der Waals surface area contributed by atoms with Gasteiger partial charge in [0.05, 0.1) is 28.8 Å². The maximum Gasteiger partial charge on any atom is 0.254 e. The lowest BCUT2D eigenvalue weighted by atomic mass is 9.81. The van der Waals surface area contributed by atoms with Crippen LogP contribution < -0.4 is 5.32 Å². The van der Waals surface area contributed by atoms with Crippen LogP contribution in [0.25, 0.3) is 10.2 Å². The van der Waals surface area contributed by atoms with Crippen LogP contribution in [0.3, 0.4) is 0 Å². The molecule has 162 valence electrons. The van der Waals surface area contributed by atoms with Gasteiger partial charge in [0, 0.05) is 24.1 Å². The van der Waals surface area contributed by atoms with Gasteiger partial charge in [0.2, 0.25) is 5.91 Å². The van der Waals surface area contributed by atoms with E-state index < -0.39 is 12.0 Å². The number of carbonyl (C=O) groups excluding carboxylic acids is 2. The van der Waals surface area contributed by atoms with Gasteiger partial charge in [-0.15, -0.1) is 11.3 Å². The van der Waals surface area contributed by atoms with Gasteiger partial charge in [-0.2, -0.15) is 0 Å². The smallest absolute Gasteiger partial charge is 0.254 e. The highest BCUT2D eigenvalue weighted by atomic mass is 32.1. The zero-order valence-corrected chi connectivity index (χ0v) is 19.0. The molecule has 2 aromatic heterocycles. The second-order valence-electron chi connectivity index (χ2n) is 7.49. The van der Waals surface area contributed by atoms with Gasteiger partial charge in [0.25, 0.3) is 5.91 Å². The van der Waals surface area contributed by atoms with Gasteiger partial charge in [-0.05, 0) is 35.2 Å². The van der Waals surface area contributed by atoms with Gasteiger partial charge >= 0.3 is 0 Å². The number of anilines is 1. The minimum atomic E-state index is -0.564. The van der Waals surface area contributed by atoms with Crippen LogP contribution in [0.4, 0.5) is 5.13 Å². The lowest BCUT2D eigenvalue weighted by Crippen LogP contribution is -2.47. The molecule has 0 bridgehead atoms. The van der Waals surface area contributed by atoms with Gasteiger partial charge in [-0.1, -0.05) is 47.7 Å². The van der Waals surface area contributed by atoms with Gasteiger partial charge in [-0.3, -0.25) is 9.59 Å². The number of thiazole rings is 1. The van der Waals surface area contributed by atoms with Crippen molar-refractivity contribution in [1.82, 2.24) is 9.88 Å². The molecule has 4 aromatic rings. The Morgan fingerprint density at radius 3 is 2.72 bits per heavy atom. The number of aromatic nitrogens is 1. The number of rotatable bonds is 6. The molecule has 2 unspecified atom stereocenters. The van der Waals surface area contributed by atoms with Crippen molar-refractivity contribution >= 4 is 49.8 Å². The summed E-state index contributed by atoms with van der Waals surface area (Å²) in [5, 5.41) is 5.55. The molecule has 0 saturated carbocycles. The first-order valence-corrected chi connectivity index (χ1v) is 12.0. The number of thiophene rings is 1. The first kappa shape index (κ1) is 20.8. The topological polar surface area (TPSA) is 71.5 Å². The number of benzene rings is 2. The van der Waals surface area contributed by atoms with E-state index in [-0.39, 0.29) is 11.8 Å². The van der Waals surface area contributed by atoms with Crippen molar-refractivity contribution < 1.29 is 14.3 Å². The molecular weight excluding hydrogens is 442 g/mol. The van der Waals surface area contributed by atoms with Gasteiger partial charge in [0.1, 0.15) is 0 Å². The molecule has 0 aliphatic carbocycles. The number of amides is 2. The largest absolute Gasteiger partial charge is 0.383 e. The molecule has 1 aliphatic rings. The SMILES string of the molecule is COCCN1C(=O)c2ccccc2C(C(=O)Nc2nc3ccccc3s2)C1c1cccs1. The van der Waals surface area contributed by atoms with E-state index in [1.54, 1.807) is 29.4 Å². The van der Waals surface area contributed by atoms with Crippen molar-refractivity contribution in [3.63, 3.8) is 0 Å². The van der Waals surface area contributed by atoms with Crippen molar-refractivity contribution in [1.29, 1.82) is 0 Å². The fourth-order valence-corrected chi connectivity index (χ4v) is 5.94. The average Bonchev–Trinajstić information content (AvgIpc) is 3.47. The van der Waals surface area contributed by atoms with Crippen molar-refractivity contribution in [2.24, 2.45) is 0 Å². The number of nitrogens with one attached hydrogen (secondary N) is 1. The third-order valence-corrected chi connectivity index (χ3v) is 7.51. The summed E-state index contributed by atoms with van der Waals surface area (Å²) in [7, 11) is 1.61. The average molecular weight is 464 g/mol. The molecule has 1 N–H and O–H groups in total. The second kappa shape index (κ2) is 8.82.